The summed E-state index contributed by atoms with van der Waals surface area (Å²) in [6.07, 6.45) is 2.42. The molecule has 1 saturated carbocycles. The van der Waals surface area contributed by atoms with Gasteiger partial charge in [0.1, 0.15) is 0 Å². The van der Waals surface area contributed by atoms with Gasteiger partial charge in [-0.3, -0.25) is 0 Å². The van der Waals surface area contributed by atoms with Gasteiger partial charge in [-0.05, 0) is 30.2 Å². The smallest absolute Gasteiger partial charge is 0.209 e. The number of ether oxygens (including phenoxy) is 1. The fraction of sp³-hybridized carbons (Fsp3) is 0.875. The van der Waals surface area contributed by atoms with Crippen molar-refractivity contribution in [3.05, 3.63) is 0 Å². The van der Waals surface area contributed by atoms with Crippen LogP contribution in [0.3, 0.4) is 0 Å². The topological polar surface area (TPSA) is 52.8 Å². The van der Waals surface area contributed by atoms with E-state index in [1.54, 1.807) is 11.8 Å². The van der Waals surface area contributed by atoms with Crippen LogP contribution >= 0.6 is 11.8 Å². The Balaban J connectivity index is 1.80. The highest BCUT2D eigenvalue weighted by molar-refractivity contribution is 7.99. The summed E-state index contributed by atoms with van der Waals surface area (Å²) in [5, 5.41) is 12.6. The van der Waals surface area contributed by atoms with Crippen molar-refractivity contribution in [1.29, 1.82) is 0 Å². The molecule has 14 heavy (non-hydrogen) atoms. The van der Waals surface area contributed by atoms with Gasteiger partial charge < -0.3 is 4.74 Å². The quantitative estimate of drug-likeness (QED) is 0.525. The molecule has 5 nitrogen and oxygen atoms in total. The summed E-state index contributed by atoms with van der Waals surface area (Å²) in [5.74, 6) is 0.918. The molecule has 0 amide bonds. The van der Waals surface area contributed by atoms with E-state index in [1.807, 2.05) is 11.6 Å². The van der Waals surface area contributed by atoms with Gasteiger partial charge in [0.15, 0.2) is 0 Å². The third-order valence-corrected chi connectivity index (χ3v) is 2.92. The Hall–Kier alpha value is -0.620. The minimum atomic E-state index is 0.555. The van der Waals surface area contributed by atoms with Crippen molar-refractivity contribution in [1.82, 2.24) is 20.2 Å². The fourth-order valence-electron chi connectivity index (χ4n) is 1.16. The van der Waals surface area contributed by atoms with E-state index in [0.29, 0.717) is 6.04 Å². The van der Waals surface area contributed by atoms with Gasteiger partial charge in [0.25, 0.3) is 0 Å². The number of aromatic nitrogens is 4. The fourth-order valence-corrected chi connectivity index (χ4v) is 1.96. The Labute approximate surface area is 87.2 Å². The van der Waals surface area contributed by atoms with E-state index in [9.17, 15) is 0 Å². The summed E-state index contributed by atoms with van der Waals surface area (Å²) in [4.78, 5) is 0. The van der Waals surface area contributed by atoms with Gasteiger partial charge in [0.2, 0.25) is 5.16 Å². The summed E-state index contributed by atoms with van der Waals surface area (Å²) in [6.45, 7) is 3.53. The second-order valence-electron chi connectivity index (χ2n) is 3.18. The number of nitrogens with zero attached hydrogens (tertiary/aromatic N) is 4. The molecule has 78 valence electrons. The van der Waals surface area contributed by atoms with Gasteiger partial charge in [-0.25, -0.2) is 4.68 Å². The van der Waals surface area contributed by atoms with Crippen molar-refractivity contribution in [2.24, 2.45) is 0 Å². The second kappa shape index (κ2) is 4.75. The van der Waals surface area contributed by atoms with Crippen LogP contribution in [0.4, 0.5) is 0 Å². The van der Waals surface area contributed by atoms with Crippen LogP contribution in [0.1, 0.15) is 25.8 Å². The molecule has 0 N–H and O–H groups in total. The van der Waals surface area contributed by atoms with Crippen LogP contribution in [0, 0.1) is 0 Å². The first kappa shape index (κ1) is 9.92. The second-order valence-corrected chi connectivity index (χ2v) is 4.24. The van der Waals surface area contributed by atoms with Gasteiger partial charge in [-0.15, -0.1) is 5.10 Å². The number of hydrogen-bond acceptors (Lipinski definition) is 5. The van der Waals surface area contributed by atoms with Crippen molar-refractivity contribution in [3.63, 3.8) is 0 Å². The summed E-state index contributed by atoms with van der Waals surface area (Å²) in [5.41, 5.74) is 0. The van der Waals surface area contributed by atoms with E-state index in [-0.39, 0.29) is 0 Å². The van der Waals surface area contributed by atoms with E-state index in [0.717, 1.165) is 24.1 Å². The minimum absolute atomic E-state index is 0.555. The summed E-state index contributed by atoms with van der Waals surface area (Å²) >= 11 is 1.66. The van der Waals surface area contributed by atoms with Crippen LogP contribution < -0.4 is 0 Å². The average Bonchev–Trinajstić information content (AvgIpc) is 2.94. The van der Waals surface area contributed by atoms with Gasteiger partial charge in [0.05, 0.1) is 12.6 Å². The molecule has 0 spiro atoms. The highest BCUT2D eigenvalue weighted by atomic mass is 32.2. The molecular weight excluding hydrogens is 200 g/mol. The predicted molar refractivity (Wildman–Crippen MR) is 53.3 cm³/mol. The Kier molecular flexibility index (Phi) is 3.36. The number of rotatable bonds is 6. The minimum Gasteiger partial charge on any atom is -0.381 e. The van der Waals surface area contributed by atoms with Crippen LogP contribution in [0.5, 0.6) is 0 Å². The number of thioether (sulfide) groups is 1. The molecule has 2 rings (SSSR count). The first-order valence-corrected chi connectivity index (χ1v) is 5.88. The molecule has 0 bridgehead atoms. The lowest BCUT2D eigenvalue weighted by Crippen LogP contribution is -2.01. The lowest BCUT2D eigenvalue weighted by Gasteiger charge is -2.01. The van der Waals surface area contributed by atoms with Crippen molar-refractivity contribution < 1.29 is 4.74 Å². The molecule has 1 aromatic heterocycles. The molecule has 0 radical (unpaired) electrons. The molecule has 0 unspecified atom stereocenters. The molecule has 0 aromatic carbocycles. The van der Waals surface area contributed by atoms with Crippen LogP contribution in [-0.4, -0.2) is 39.2 Å². The highest BCUT2D eigenvalue weighted by Crippen LogP contribution is 2.36. The lowest BCUT2D eigenvalue weighted by atomic mass is 10.7. The zero-order chi connectivity index (χ0) is 9.80. The molecule has 1 heterocycles. The molecule has 0 saturated heterocycles. The van der Waals surface area contributed by atoms with E-state index >= 15 is 0 Å². The first-order chi connectivity index (χ1) is 6.92. The lowest BCUT2D eigenvalue weighted by molar-refractivity contribution is 0.164. The number of tetrazole rings is 1. The maximum absolute atomic E-state index is 5.25. The maximum Gasteiger partial charge on any atom is 0.209 e. The van der Waals surface area contributed by atoms with Crippen LogP contribution in [-0.2, 0) is 4.74 Å². The van der Waals surface area contributed by atoms with Crippen LogP contribution in [0.25, 0.3) is 0 Å². The molecule has 6 heteroatoms. The van der Waals surface area contributed by atoms with Crippen LogP contribution in [0.2, 0.25) is 0 Å². The molecular formula is C8H14N4OS. The summed E-state index contributed by atoms with van der Waals surface area (Å²) < 4.78 is 7.18. The van der Waals surface area contributed by atoms with Crippen molar-refractivity contribution in [2.75, 3.05) is 19.0 Å². The van der Waals surface area contributed by atoms with E-state index in [2.05, 4.69) is 15.5 Å². The number of hydrogen-bond donors (Lipinski definition) is 0. The van der Waals surface area contributed by atoms with Crippen LogP contribution in [0.15, 0.2) is 5.16 Å². The third-order valence-electron chi connectivity index (χ3n) is 2.02. The monoisotopic (exact) mass is 214 g/mol. The molecule has 0 atom stereocenters. The molecule has 1 aliphatic rings. The average molecular weight is 214 g/mol. The van der Waals surface area contributed by atoms with Gasteiger partial charge in [-0.2, -0.15) is 0 Å². The van der Waals surface area contributed by atoms with Crippen molar-refractivity contribution in [3.8, 4) is 0 Å². The normalized spacial score (nSPS) is 16.1. The maximum atomic E-state index is 5.25. The zero-order valence-corrected chi connectivity index (χ0v) is 9.03. The standard InChI is InChI=1S/C8H14N4OS/c1-2-13-5-6-14-8-9-10-11-12(8)7-3-4-7/h7H,2-6H2,1H3. The van der Waals surface area contributed by atoms with E-state index < -0.39 is 0 Å². The molecule has 1 aromatic rings. The predicted octanol–water partition coefficient (Wildman–Crippen LogP) is 1.14. The summed E-state index contributed by atoms with van der Waals surface area (Å²) in [7, 11) is 0. The molecule has 0 aliphatic heterocycles. The largest absolute Gasteiger partial charge is 0.381 e. The van der Waals surface area contributed by atoms with E-state index in [1.165, 1.54) is 12.8 Å². The van der Waals surface area contributed by atoms with Gasteiger partial charge in [-0.1, -0.05) is 11.8 Å². The zero-order valence-electron chi connectivity index (χ0n) is 8.22. The molecule has 1 aliphatic carbocycles. The van der Waals surface area contributed by atoms with Gasteiger partial charge in [0, 0.05) is 12.4 Å². The summed E-state index contributed by atoms with van der Waals surface area (Å²) in [6, 6.07) is 0.555. The first-order valence-electron chi connectivity index (χ1n) is 4.90. The highest BCUT2D eigenvalue weighted by Gasteiger charge is 2.27. The van der Waals surface area contributed by atoms with Gasteiger partial charge >= 0.3 is 0 Å². The Morgan fingerprint density at radius 3 is 3.14 bits per heavy atom. The Bertz CT molecular complexity index is 287. The SMILES string of the molecule is CCOCCSc1nnnn1C1CC1. The Morgan fingerprint density at radius 1 is 1.57 bits per heavy atom. The van der Waals surface area contributed by atoms with Crippen molar-refractivity contribution in [2.45, 2.75) is 31.0 Å². The van der Waals surface area contributed by atoms with Crippen molar-refractivity contribution >= 4 is 11.8 Å². The third kappa shape index (κ3) is 2.45. The molecule has 1 fully saturated rings. The van der Waals surface area contributed by atoms with E-state index in [4.69, 9.17) is 4.74 Å². The Morgan fingerprint density at radius 2 is 2.43 bits per heavy atom.